The molecule has 1 aliphatic heterocycles. The Morgan fingerprint density at radius 1 is 1.14 bits per heavy atom. The Balaban J connectivity index is 1.70. The average Bonchev–Trinajstić information content (AvgIpc) is 2.71. The van der Waals surface area contributed by atoms with Gasteiger partial charge in [0.1, 0.15) is 17.5 Å². The van der Waals surface area contributed by atoms with Gasteiger partial charge in [0, 0.05) is 54.9 Å². The second kappa shape index (κ2) is 7.22. The van der Waals surface area contributed by atoms with E-state index >= 15 is 0 Å². The van der Waals surface area contributed by atoms with E-state index < -0.39 is 17.6 Å². The van der Waals surface area contributed by atoms with Crippen LogP contribution in [0.2, 0.25) is 0 Å². The fourth-order valence-corrected chi connectivity index (χ4v) is 3.17. The number of carboxylic acids is 1. The van der Waals surface area contributed by atoms with Crippen molar-refractivity contribution in [1.82, 2.24) is 9.97 Å². The summed E-state index contributed by atoms with van der Waals surface area (Å²) in [5.74, 6) is -1.39. The largest absolute Gasteiger partial charge is 0.478 e. The molecule has 0 amide bonds. The summed E-state index contributed by atoms with van der Waals surface area (Å²) in [4.78, 5) is 21.5. The fourth-order valence-electron chi connectivity index (χ4n) is 3.17. The highest BCUT2D eigenvalue weighted by molar-refractivity contribution is 5.89. The van der Waals surface area contributed by atoms with E-state index in [1.54, 1.807) is 12.4 Å². The summed E-state index contributed by atoms with van der Waals surface area (Å²) in [5, 5.41) is 12.3. The molecule has 0 aliphatic carbocycles. The van der Waals surface area contributed by atoms with Crippen LogP contribution < -0.4 is 10.2 Å². The van der Waals surface area contributed by atoms with Crippen molar-refractivity contribution in [2.24, 2.45) is 0 Å². The van der Waals surface area contributed by atoms with Gasteiger partial charge in [-0.05, 0) is 30.3 Å². The van der Waals surface area contributed by atoms with E-state index in [2.05, 4.69) is 15.3 Å². The van der Waals surface area contributed by atoms with Gasteiger partial charge in [0.2, 0.25) is 0 Å². The van der Waals surface area contributed by atoms with Crippen molar-refractivity contribution in [2.45, 2.75) is 6.54 Å². The van der Waals surface area contributed by atoms with Crippen LogP contribution in [0.3, 0.4) is 0 Å². The van der Waals surface area contributed by atoms with Crippen LogP contribution in [0, 0.1) is 11.6 Å². The van der Waals surface area contributed by atoms with Crippen LogP contribution in [-0.4, -0.2) is 34.1 Å². The number of nitrogens with zero attached hydrogens (tertiary/aromatic N) is 3. The molecule has 0 saturated carbocycles. The van der Waals surface area contributed by atoms with Gasteiger partial charge in [-0.1, -0.05) is 0 Å². The van der Waals surface area contributed by atoms with Crippen molar-refractivity contribution in [3.63, 3.8) is 0 Å². The minimum absolute atomic E-state index is 0.0760. The predicted molar refractivity (Wildman–Crippen MR) is 100 cm³/mol. The molecule has 0 unspecified atom stereocenters. The third-order valence-corrected chi connectivity index (χ3v) is 4.57. The van der Waals surface area contributed by atoms with Gasteiger partial charge in [-0.2, -0.15) is 0 Å². The molecule has 8 heteroatoms. The van der Waals surface area contributed by atoms with Crippen molar-refractivity contribution in [3.8, 4) is 11.1 Å². The van der Waals surface area contributed by atoms with Crippen molar-refractivity contribution in [3.05, 3.63) is 71.7 Å². The Hall–Kier alpha value is -3.55. The van der Waals surface area contributed by atoms with Crippen LogP contribution in [0.1, 0.15) is 15.9 Å². The van der Waals surface area contributed by atoms with E-state index in [4.69, 9.17) is 5.11 Å². The van der Waals surface area contributed by atoms with E-state index in [9.17, 15) is 13.6 Å². The summed E-state index contributed by atoms with van der Waals surface area (Å²) in [6.45, 7) is 1.39. The maximum atomic E-state index is 14.1. The fraction of sp³-hybridized carbons (Fsp3) is 0.150. The predicted octanol–water partition coefficient (Wildman–Crippen LogP) is 3.55. The summed E-state index contributed by atoms with van der Waals surface area (Å²) in [7, 11) is 0. The van der Waals surface area contributed by atoms with Crippen molar-refractivity contribution >= 4 is 17.5 Å². The molecule has 0 spiro atoms. The number of aromatic nitrogens is 2. The van der Waals surface area contributed by atoms with Gasteiger partial charge in [0.05, 0.1) is 11.3 Å². The SMILES string of the molecule is O=C(O)c1cncc(-c2cnc3c(c2)N(Cc2cc(F)ccc2F)CCN3)c1. The smallest absolute Gasteiger partial charge is 0.337 e. The zero-order chi connectivity index (χ0) is 19.7. The number of anilines is 2. The highest BCUT2D eigenvalue weighted by atomic mass is 19.1. The van der Waals surface area contributed by atoms with Gasteiger partial charge >= 0.3 is 5.97 Å². The number of pyridine rings is 2. The normalized spacial score (nSPS) is 13.0. The Kier molecular flexibility index (Phi) is 4.60. The van der Waals surface area contributed by atoms with Gasteiger partial charge in [0.15, 0.2) is 0 Å². The minimum Gasteiger partial charge on any atom is -0.478 e. The molecule has 6 nitrogen and oxygen atoms in total. The van der Waals surface area contributed by atoms with Crippen LogP contribution in [0.5, 0.6) is 0 Å². The number of rotatable bonds is 4. The lowest BCUT2D eigenvalue weighted by molar-refractivity contribution is 0.0696. The molecule has 0 radical (unpaired) electrons. The van der Waals surface area contributed by atoms with Crippen LogP contribution in [0.4, 0.5) is 20.3 Å². The van der Waals surface area contributed by atoms with Gasteiger partial charge in [0.25, 0.3) is 0 Å². The molecule has 1 aliphatic rings. The number of halogens is 2. The van der Waals surface area contributed by atoms with Crippen LogP contribution in [0.15, 0.2) is 48.9 Å². The summed E-state index contributed by atoms with van der Waals surface area (Å²) in [6.07, 6.45) is 4.46. The number of nitrogens with one attached hydrogen (secondary N) is 1. The number of hydrogen-bond acceptors (Lipinski definition) is 5. The minimum atomic E-state index is -1.06. The Labute approximate surface area is 159 Å². The quantitative estimate of drug-likeness (QED) is 0.719. The van der Waals surface area contributed by atoms with Crippen molar-refractivity contribution in [1.29, 1.82) is 0 Å². The zero-order valence-electron chi connectivity index (χ0n) is 14.7. The van der Waals surface area contributed by atoms with Gasteiger partial charge < -0.3 is 15.3 Å². The maximum Gasteiger partial charge on any atom is 0.337 e. The maximum absolute atomic E-state index is 14.1. The number of fused-ring (bicyclic) bond motifs is 1. The molecule has 0 saturated heterocycles. The third-order valence-electron chi connectivity index (χ3n) is 4.57. The molecule has 3 heterocycles. The summed E-state index contributed by atoms with van der Waals surface area (Å²) < 4.78 is 27.6. The number of carboxylic acid groups (broad SMARTS) is 1. The van der Waals surface area contributed by atoms with Crippen molar-refractivity contribution in [2.75, 3.05) is 23.3 Å². The molecule has 4 rings (SSSR count). The van der Waals surface area contributed by atoms with E-state index in [1.165, 1.54) is 18.3 Å². The number of aromatic carboxylic acids is 1. The first-order valence-corrected chi connectivity index (χ1v) is 8.63. The highest BCUT2D eigenvalue weighted by Gasteiger charge is 2.20. The lowest BCUT2D eigenvalue weighted by atomic mass is 10.1. The Morgan fingerprint density at radius 3 is 2.79 bits per heavy atom. The zero-order valence-corrected chi connectivity index (χ0v) is 14.7. The van der Waals surface area contributed by atoms with E-state index in [0.717, 1.165) is 17.8 Å². The van der Waals surface area contributed by atoms with E-state index in [-0.39, 0.29) is 17.7 Å². The molecule has 28 heavy (non-hydrogen) atoms. The Bertz CT molecular complexity index is 1060. The molecular weight excluding hydrogens is 366 g/mol. The second-order valence-electron chi connectivity index (χ2n) is 6.44. The van der Waals surface area contributed by atoms with Crippen LogP contribution in [0.25, 0.3) is 11.1 Å². The Morgan fingerprint density at radius 2 is 1.96 bits per heavy atom. The monoisotopic (exact) mass is 382 g/mol. The summed E-state index contributed by atoms with van der Waals surface area (Å²) in [5.41, 5.74) is 2.35. The topological polar surface area (TPSA) is 78.3 Å². The second-order valence-corrected chi connectivity index (χ2v) is 6.44. The molecular formula is C20H16F2N4O2. The summed E-state index contributed by atoms with van der Waals surface area (Å²) >= 11 is 0. The number of hydrogen-bond donors (Lipinski definition) is 2. The molecule has 142 valence electrons. The van der Waals surface area contributed by atoms with E-state index in [0.29, 0.717) is 30.0 Å². The number of benzene rings is 1. The van der Waals surface area contributed by atoms with Gasteiger partial charge in [-0.25, -0.2) is 18.6 Å². The molecule has 3 aromatic rings. The van der Waals surface area contributed by atoms with Gasteiger partial charge in [-0.15, -0.1) is 0 Å². The van der Waals surface area contributed by atoms with Crippen molar-refractivity contribution < 1.29 is 18.7 Å². The standard InChI is InChI=1S/C20H16F2N4O2/c21-16-1-2-17(22)15(6-16)11-26-4-3-24-19-18(26)7-13(10-25-19)12-5-14(20(27)28)9-23-8-12/h1-2,5-10H,3-4,11H2,(H,24,25)(H,27,28). The third kappa shape index (κ3) is 3.48. The highest BCUT2D eigenvalue weighted by Crippen LogP contribution is 2.33. The van der Waals surface area contributed by atoms with E-state index in [1.807, 2.05) is 11.0 Å². The molecule has 0 atom stereocenters. The van der Waals surface area contributed by atoms with Crippen LogP contribution in [-0.2, 0) is 6.54 Å². The first-order valence-electron chi connectivity index (χ1n) is 8.63. The average molecular weight is 382 g/mol. The first kappa shape index (κ1) is 17.8. The first-order chi connectivity index (χ1) is 13.5. The molecule has 1 aromatic carbocycles. The van der Waals surface area contributed by atoms with Gasteiger partial charge in [-0.3, -0.25) is 4.98 Å². The molecule has 2 aromatic heterocycles. The number of carbonyl (C=O) groups is 1. The molecule has 0 bridgehead atoms. The summed E-state index contributed by atoms with van der Waals surface area (Å²) in [6, 6.07) is 6.76. The lowest BCUT2D eigenvalue weighted by Gasteiger charge is -2.31. The molecule has 2 N–H and O–H groups in total. The molecule has 0 fully saturated rings. The lowest BCUT2D eigenvalue weighted by Crippen LogP contribution is -2.34. The van der Waals surface area contributed by atoms with Crippen LogP contribution >= 0.6 is 0 Å².